The van der Waals surface area contributed by atoms with Crippen LogP contribution < -0.4 is 0 Å². The van der Waals surface area contributed by atoms with E-state index in [2.05, 4.69) is 52.3 Å². The summed E-state index contributed by atoms with van der Waals surface area (Å²) in [5.41, 5.74) is 2.01. The summed E-state index contributed by atoms with van der Waals surface area (Å²) in [5.74, 6) is 0.199. The van der Waals surface area contributed by atoms with Crippen molar-refractivity contribution in [3.05, 3.63) is 60.2 Å². The molecule has 1 aromatic heterocycles. The number of carbonyl (C=O) groups is 1. The van der Waals surface area contributed by atoms with Crippen LogP contribution in [-0.2, 0) is 0 Å². The zero-order valence-electron chi connectivity index (χ0n) is 16.1. The van der Waals surface area contributed by atoms with Crippen molar-refractivity contribution >= 4 is 27.3 Å². The predicted octanol–water partition coefficient (Wildman–Crippen LogP) is 5.27. The number of hydrogen-bond acceptors (Lipinski definition) is 3. The molecule has 0 bridgehead atoms. The molecule has 4 heteroatoms. The van der Waals surface area contributed by atoms with Gasteiger partial charge in [-0.15, -0.1) is 11.3 Å². The Bertz CT molecular complexity index is 939. The second-order valence-corrected chi connectivity index (χ2v) is 9.11. The van der Waals surface area contributed by atoms with Crippen LogP contribution >= 0.6 is 11.3 Å². The van der Waals surface area contributed by atoms with Gasteiger partial charge >= 0.3 is 0 Å². The summed E-state index contributed by atoms with van der Waals surface area (Å²) in [6.45, 7) is 4.34. The molecule has 28 heavy (non-hydrogen) atoms. The van der Waals surface area contributed by atoms with Crippen LogP contribution in [0.3, 0.4) is 0 Å². The highest BCUT2D eigenvalue weighted by atomic mass is 32.1. The zero-order valence-corrected chi connectivity index (χ0v) is 17.0. The summed E-state index contributed by atoms with van der Waals surface area (Å²) in [6, 6.07) is 19.3. The monoisotopic (exact) mass is 390 g/mol. The maximum Gasteiger partial charge on any atom is 0.254 e. The first-order valence-electron chi connectivity index (χ1n) is 10.4. The third kappa shape index (κ3) is 3.47. The van der Waals surface area contributed by atoms with E-state index in [-0.39, 0.29) is 5.91 Å². The number of thiophene rings is 1. The lowest BCUT2D eigenvalue weighted by Crippen LogP contribution is -2.42. The Morgan fingerprint density at radius 2 is 1.75 bits per heavy atom. The first-order chi connectivity index (χ1) is 13.8. The molecule has 0 radical (unpaired) electrons. The quantitative estimate of drug-likeness (QED) is 0.606. The van der Waals surface area contributed by atoms with Gasteiger partial charge < -0.3 is 9.80 Å². The minimum atomic E-state index is 0.199. The Hall–Kier alpha value is -2.17. The maximum atomic E-state index is 13.1. The van der Waals surface area contributed by atoms with E-state index >= 15 is 0 Å². The summed E-state index contributed by atoms with van der Waals surface area (Å²) < 4.78 is 1.31. The SMILES string of the molecule is O=C(c1ccc(-c2cc3ccccc3s2)cc1)N1CCC[C@H]1CN1CCCC1. The smallest absolute Gasteiger partial charge is 0.254 e. The van der Waals surface area contributed by atoms with Gasteiger partial charge in [-0.3, -0.25) is 4.79 Å². The van der Waals surface area contributed by atoms with Gasteiger partial charge in [0.2, 0.25) is 0 Å². The summed E-state index contributed by atoms with van der Waals surface area (Å²) >= 11 is 1.81. The molecule has 0 N–H and O–H groups in total. The van der Waals surface area contributed by atoms with Gasteiger partial charge in [-0.25, -0.2) is 0 Å². The van der Waals surface area contributed by atoms with Gasteiger partial charge in [-0.1, -0.05) is 30.3 Å². The van der Waals surface area contributed by atoms with Crippen molar-refractivity contribution in [3.63, 3.8) is 0 Å². The fourth-order valence-corrected chi connectivity index (χ4v) is 5.69. The van der Waals surface area contributed by atoms with Gasteiger partial charge in [-0.2, -0.15) is 0 Å². The van der Waals surface area contributed by atoms with Gasteiger partial charge in [0.25, 0.3) is 5.91 Å². The van der Waals surface area contributed by atoms with Crippen LogP contribution in [0.25, 0.3) is 20.5 Å². The minimum absolute atomic E-state index is 0.199. The molecular formula is C24H26N2OS. The van der Waals surface area contributed by atoms with Gasteiger partial charge in [0.05, 0.1) is 0 Å². The van der Waals surface area contributed by atoms with Crippen molar-refractivity contribution < 1.29 is 4.79 Å². The number of nitrogens with zero attached hydrogens (tertiary/aromatic N) is 2. The molecule has 2 aliphatic heterocycles. The fraction of sp³-hybridized carbons (Fsp3) is 0.375. The molecule has 3 heterocycles. The van der Waals surface area contributed by atoms with E-state index < -0.39 is 0 Å². The first-order valence-corrected chi connectivity index (χ1v) is 11.2. The lowest BCUT2D eigenvalue weighted by molar-refractivity contribution is 0.0709. The predicted molar refractivity (Wildman–Crippen MR) is 117 cm³/mol. The maximum absolute atomic E-state index is 13.1. The Labute approximate surface area is 170 Å². The first kappa shape index (κ1) is 17.9. The third-order valence-corrected chi connectivity index (χ3v) is 7.31. The van der Waals surface area contributed by atoms with Crippen LogP contribution in [0.5, 0.6) is 0 Å². The molecule has 2 aliphatic rings. The van der Waals surface area contributed by atoms with Crippen LogP contribution in [-0.4, -0.2) is 47.9 Å². The molecule has 2 fully saturated rings. The zero-order chi connectivity index (χ0) is 18.9. The molecule has 3 aromatic rings. The number of likely N-dealkylation sites (tertiary alicyclic amines) is 2. The van der Waals surface area contributed by atoms with E-state index in [1.807, 2.05) is 23.5 Å². The number of amides is 1. The van der Waals surface area contributed by atoms with E-state index in [4.69, 9.17) is 0 Å². The molecule has 0 aliphatic carbocycles. The van der Waals surface area contributed by atoms with E-state index in [9.17, 15) is 4.79 Å². The highest BCUT2D eigenvalue weighted by Gasteiger charge is 2.31. The van der Waals surface area contributed by atoms with E-state index in [1.54, 1.807) is 0 Å². The van der Waals surface area contributed by atoms with Gasteiger partial charge in [0.1, 0.15) is 0 Å². The van der Waals surface area contributed by atoms with Crippen LogP contribution in [0.1, 0.15) is 36.0 Å². The molecule has 1 amide bonds. The Kier molecular flexibility index (Phi) is 4.91. The summed E-state index contributed by atoms with van der Waals surface area (Å²) in [6.07, 6.45) is 4.88. The Balaban J connectivity index is 1.32. The number of hydrogen-bond donors (Lipinski definition) is 0. The average molecular weight is 391 g/mol. The van der Waals surface area contributed by atoms with Crippen LogP contribution in [0.2, 0.25) is 0 Å². The van der Waals surface area contributed by atoms with Crippen molar-refractivity contribution in [3.8, 4) is 10.4 Å². The number of fused-ring (bicyclic) bond motifs is 1. The Morgan fingerprint density at radius 1 is 0.964 bits per heavy atom. The number of rotatable bonds is 4. The number of carbonyl (C=O) groups excluding carboxylic acids is 1. The summed E-state index contributed by atoms with van der Waals surface area (Å²) in [7, 11) is 0. The molecule has 0 saturated carbocycles. The molecule has 5 rings (SSSR count). The normalized spacial score (nSPS) is 20.3. The van der Waals surface area contributed by atoms with Crippen molar-refractivity contribution in [2.24, 2.45) is 0 Å². The lowest BCUT2D eigenvalue weighted by Gasteiger charge is -2.28. The van der Waals surface area contributed by atoms with E-state index in [0.29, 0.717) is 6.04 Å². The van der Waals surface area contributed by atoms with Crippen molar-refractivity contribution in [1.29, 1.82) is 0 Å². The summed E-state index contributed by atoms with van der Waals surface area (Å²) in [5, 5.41) is 1.28. The van der Waals surface area contributed by atoms with Crippen LogP contribution in [0.15, 0.2) is 54.6 Å². The standard InChI is InChI=1S/C24H26N2OS/c27-24(26-15-5-7-21(26)17-25-13-3-4-14-25)19-11-9-18(10-12-19)23-16-20-6-1-2-8-22(20)28-23/h1-2,6,8-12,16,21H,3-5,7,13-15,17H2/t21-/m0/s1. The molecule has 2 aromatic carbocycles. The van der Waals surface area contributed by atoms with Crippen LogP contribution in [0.4, 0.5) is 0 Å². The highest BCUT2D eigenvalue weighted by molar-refractivity contribution is 7.22. The van der Waals surface area contributed by atoms with Gasteiger partial charge in [0.15, 0.2) is 0 Å². The van der Waals surface area contributed by atoms with Crippen molar-refractivity contribution in [1.82, 2.24) is 9.80 Å². The van der Waals surface area contributed by atoms with Gasteiger partial charge in [0, 0.05) is 34.3 Å². The molecule has 0 unspecified atom stereocenters. The third-order valence-electron chi connectivity index (χ3n) is 6.15. The van der Waals surface area contributed by atoms with E-state index in [1.165, 1.54) is 46.5 Å². The average Bonchev–Trinajstić information content (AvgIpc) is 3.48. The molecule has 144 valence electrons. The molecule has 3 nitrogen and oxygen atoms in total. The molecule has 0 spiro atoms. The minimum Gasteiger partial charge on any atom is -0.334 e. The van der Waals surface area contributed by atoms with E-state index in [0.717, 1.165) is 31.5 Å². The molecular weight excluding hydrogens is 364 g/mol. The lowest BCUT2D eigenvalue weighted by atomic mass is 10.1. The largest absolute Gasteiger partial charge is 0.334 e. The molecule has 2 saturated heterocycles. The van der Waals surface area contributed by atoms with Crippen molar-refractivity contribution in [2.75, 3.05) is 26.2 Å². The highest BCUT2D eigenvalue weighted by Crippen LogP contribution is 2.33. The summed E-state index contributed by atoms with van der Waals surface area (Å²) in [4.78, 5) is 19.0. The van der Waals surface area contributed by atoms with Crippen molar-refractivity contribution in [2.45, 2.75) is 31.7 Å². The second-order valence-electron chi connectivity index (χ2n) is 8.03. The topological polar surface area (TPSA) is 23.6 Å². The number of benzene rings is 2. The Morgan fingerprint density at radius 3 is 2.54 bits per heavy atom. The fourth-order valence-electron chi connectivity index (χ4n) is 4.62. The van der Waals surface area contributed by atoms with Crippen LogP contribution in [0, 0.1) is 0 Å². The molecule has 1 atom stereocenters. The van der Waals surface area contributed by atoms with Gasteiger partial charge in [-0.05, 0) is 74.0 Å². The second kappa shape index (κ2) is 7.69.